The highest BCUT2D eigenvalue weighted by Crippen LogP contribution is 2.22. The number of hydrogen-bond acceptors (Lipinski definition) is 1. The van der Waals surface area contributed by atoms with Gasteiger partial charge in [0.2, 0.25) is 0 Å². The summed E-state index contributed by atoms with van der Waals surface area (Å²) in [5.41, 5.74) is 3.59. The van der Waals surface area contributed by atoms with Gasteiger partial charge in [-0.1, -0.05) is 0 Å². The molecule has 0 aliphatic heterocycles. The van der Waals surface area contributed by atoms with Crippen LogP contribution < -0.4 is 5.73 Å². The Kier molecular flexibility index (Phi) is 3.71. The van der Waals surface area contributed by atoms with Gasteiger partial charge in [-0.25, -0.2) is 0 Å². The second-order valence-corrected chi connectivity index (χ2v) is 2.55. The van der Waals surface area contributed by atoms with Gasteiger partial charge in [0.25, 0.3) is 0 Å². The molecule has 62 valence electrons. The summed E-state index contributed by atoms with van der Waals surface area (Å²) in [6.07, 6.45) is 0. The average Bonchev–Trinajstić information content (AvgIpc) is 1.92. The third kappa shape index (κ3) is 1.62. The summed E-state index contributed by atoms with van der Waals surface area (Å²) < 4.78 is 36.0. The first-order chi connectivity index (χ1) is 4.63. The molecule has 2 N–H and O–H groups in total. The normalized spacial score (nSPS) is 15.3. The molecule has 0 aliphatic rings. The summed E-state index contributed by atoms with van der Waals surface area (Å²) in [7, 11) is 0. The molecule has 0 rings (SSSR count). The highest BCUT2D eigenvalue weighted by Gasteiger charge is 2.35. The first kappa shape index (κ1) is 9.75. The molecular formula is C6H12F3N. The van der Waals surface area contributed by atoms with E-state index in [1.807, 2.05) is 0 Å². The summed E-state index contributed by atoms with van der Waals surface area (Å²) >= 11 is 0. The molecule has 0 amide bonds. The second kappa shape index (κ2) is 3.81. The number of halogens is 3. The van der Waals surface area contributed by atoms with Crippen molar-refractivity contribution in [2.24, 2.45) is 11.1 Å². The third-order valence-electron chi connectivity index (χ3n) is 1.76. The minimum absolute atomic E-state index is 0.785. The monoisotopic (exact) mass is 155 g/mol. The van der Waals surface area contributed by atoms with Gasteiger partial charge in [-0.2, -0.15) is 0 Å². The number of hydrogen-bond donors (Lipinski definition) is 1. The van der Waals surface area contributed by atoms with E-state index in [2.05, 4.69) is 0 Å². The highest BCUT2D eigenvalue weighted by molar-refractivity contribution is 4.85. The van der Waals surface area contributed by atoms with Crippen LogP contribution in [0.4, 0.5) is 13.2 Å². The van der Waals surface area contributed by atoms with Crippen LogP contribution >= 0.6 is 0 Å². The molecule has 0 aromatic rings. The zero-order valence-corrected chi connectivity index (χ0v) is 5.91. The van der Waals surface area contributed by atoms with Crippen LogP contribution in [0.1, 0.15) is 6.92 Å². The molecule has 0 bridgehead atoms. The maximum Gasteiger partial charge on any atom is 0.102 e. The van der Waals surface area contributed by atoms with Crippen LogP contribution in [0.25, 0.3) is 0 Å². The zero-order chi connectivity index (χ0) is 8.20. The van der Waals surface area contributed by atoms with E-state index in [9.17, 15) is 13.2 Å². The number of alkyl halides is 3. The number of rotatable bonds is 4. The quantitative estimate of drug-likeness (QED) is 0.649. The summed E-state index contributed by atoms with van der Waals surface area (Å²) in [6, 6.07) is -0.785. The van der Waals surface area contributed by atoms with E-state index in [-0.39, 0.29) is 0 Å². The molecule has 0 fully saturated rings. The van der Waals surface area contributed by atoms with Gasteiger partial charge >= 0.3 is 0 Å². The van der Waals surface area contributed by atoms with Crippen molar-refractivity contribution in [1.82, 2.24) is 0 Å². The minimum atomic E-state index is -1.60. The van der Waals surface area contributed by atoms with Crippen molar-refractivity contribution in [2.75, 3.05) is 20.0 Å². The van der Waals surface area contributed by atoms with E-state index in [0.717, 1.165) is 0 Å². The molecule has 4 heteroatoms. The topological polar surface area (TPSA) is 26.0 Å². The van der Waals surface area contributed by atoms with Crippen molar-refractivity contribution in [2.45, 2.75) is 13.0 Å². The van der Waals surface area contributed by atoms with Crippen LogP contribution in [0, 0.1) is 5.41 Å². The fourth-order valence-electron chi connectivity index (χ4n) is 0.472. The largest absolute Gasteiger partial charge is 0.327 e. The summed E-state index contributed by atoms with van der Waals surface area (Å²) in [5, 5.41) is 0. The van der Waals surface area contributed by atoms with Crippen LogP contribution in [0.3, 0.4) is 0 Å². The summed E-state index contributed by atoms with van der Waals surface area (Å²) in [5.74, 6) is 0. The van der Waals surface area contributed by atoms with Gasteiger partial charge in [0, 0.05) is 6.04 Å². The van der Waals surface area contributed by atoms with Crippen molar-refractivity contribution >= 4 is 0 Å². The Bertz CT molecular complexity index is 82.7. The molecule has 0 saturated heterocycles. The van der Waals surface area contributed by atoms with E-state index in [4.69, 9.17) is 5.73 Å². The second-order valence-electron chi connectivity index (χ2n) is 2.55. The minimum Gasteiger partial charge on any atom is -0.327 e. The van der Waals surface area contributed by atoms with Crippen LogP contribution in [0.5, 0.6) is 0 Å². The average molecular weight is 155 g/mol. The molecule has 0 aromatic heterocycles. The van der Waals surface area contributed by atoms with E-state index in [0.29, 0.717) is 0 Å². The van der Waals surface area contributed by atoms with Gasteiger partial charge in [-0.3, -0.25) is 13.2 Å². The van der Waals surface area contributed by atoms with Gasteiger partial charge in [0.15, 0.2) is 0 Å². The smallest absolute Gasteiger partial charge is 0.102 e. The van der Waals surface area contributed by atoms with Crippen LogP contribution in [-0.4, -0.2) is 26.1 Å². The van der Waals surface area contributed by atoms with Gasteiger partial charge in [-0.05, 0) is 6.92 Å². The maximum absolute atomic E-state index is 12.0. The maximum atomic E-state index is 12.0. The van der Waals surface area contributed by atoms with Gasteiger partial charge in [0.1, 0.15) is 20.0 Å². The van der Waals surface area contributed by atoms with Crippen molar-refractivity contribution in [3.8, 4) is 0 Å². The molecule has 0 heterocycles. The van der Waals surface area contributed by atoms with Crippen LogP contribution in [0.2, 0.25) is 0 Å². The summed E-state index contributed by atoms with van der Waals surface area (Å²) in [4.78, 5) is 0. The highest BCUT2D eigenvalue weighted by atomic mass is 19.1. The molecular weight excluding hydrogens is 143 g/mol. The van der Waals surface area contributed by atoms with Crippen molar-refractivity contribution in [3.05, 3.63) is 0 Å². The summed E-state index contributed by atoms with van der Waals surface area (Å²) in [6.45, 7) is -1.73. The molecule has 10 heavy (non-hydrogen) atoms. The lowest BCUT2D eigenvalue weighted by Crippen LogP contribution is -2.45. The van der Waals surface area contributed by atoms with Crippen molar-refractivity contribution in [3.63, 3.8) is 0 Å². The first-order valence-corrected chi connectivity index (χ1v) is 3.06. The standard InChI is InChI=1S/C6H12F3N/c1-5(10)6(2-7,3-8)4-9/h5H,2-4,10H2,1H3. The van der Waals surface area contributed by atoms with E-state index < -0.39 is 31.5 Å². The molecule has 0 spiro atoms. The molecule has 1 nitrogen and oxygen atoms in total. The molecule has 1 unspecified atom stereocenters. The van der Waals surface area contributed by atoms with E-state index in [1.54, 1.807) is 0 Å². The molecule has 0 aromatic carbocycles. The van der Waals surface area contributed by atoms with Gasteiger partial charge in [-0.15, -0.1) is 0 Å². The Hall–Kier alpha value is -0.250. The number of nitrogens with two attached hydrogens (primary N) is 1. The Balaban J connectivity index is 4.15. The zero-order valence-electron chi connectivity index (χ0n) is 5.91. The lowest BCUT2D eigenvalue weighted by atomic mass is 9.86. The Morgan fingerprint density at radius 1 is 1.20 bits per heavy atom. The first-order valence-electron chi connectivity index (χ1n) is 3.06. The molecule has 0 aliphatic carbocycles. The Morgan fingerprint density at radius 2 is 1.50 bits per heavy atom. The van der Waals surface area contributed by atoms with Crippen LogP contribution in [-0.2, 0) is 0 Å². The van der Waals surface area contributed by atoms with E-state index in [1.165, 1.54) is 6.92 Å². The molecule has 1 atom stereocenters. The predicted octanol–water partition coefficient (Wildman–Crippen LogP) is 1.23. The Labute approximate surface area is 58.4 Å². The van der Waals surface area contributed by atoms with E-state index >= 15 is 0 Å². The lowest BCUT2D eigenvalue weighted by Gasteiger charge is -2.27. The van der Waals surface area contributed by atoms with Gasteiger partial charge < -0.3 is 5.73 Å². The molecule has 0 saturated carbocycles. The fourth-order valence-corrected chi connectivity index (χ4v) is 0.472. The Morgan fingerprint density at radius 3 is 1.50 bits per heavy atom. The third-order valence-corrected chi connectivity index (χ3v) is 1.76. The van der Waals surface area contributed by atoms with Gasteiger partial charge in [0.05, 0.1) is 5.41 Å². The SMILES string of the molecule is CC(N)C(CF)(CF)CF. The van der Waals surface area contributed by atoms with Crippen molar-refractivity contribution in [1.29, 1.82) is 0 Å². The van der Waals surface area contributed by atoms with Crippen molar-refractivity contribution < 1.29 is 13.2 Å². The van der Waals surface area contributed by atoms with Crippen LogP contribution in [0.15, 0.2) is 0 Å². The molecule has 0 radical (unpaired) electrons. The lowest BCUT2D eigenvalue weighted by molar-refractivity contribution is 0.0890. The fraction of sp³-hybridized carbons (Fsp3) is 1.00. The predicted molar refractivity (Wildman–Crippen MR) is 34.0 cm³/mol.